The molecule has 0 saturated heterocycles. The molecule has 0 saturated carbocycles. The zero-order valence-corrected chi connectivity index (χ0v) is 16.6. The molecule has 0 N–H and O–H groups in total. The molecule has 0 bridgehead atoms. The van der Waals surface area contributed by atoms with Gasteiger partial charge in [-0.3, -0.25) is 4.79 Å². The second kappa shape index (κ2) is 7.01. The maximum atomic E-state index is 12.8. The molecule has 2 heterocycles. The molecule has 0 aliphatic heterocycles. The van der Waals surface area contributed by atoms with E-state index in [9.17, 15) is 4.79 Å². The van der Waals surface area contributed by atoms with E-state index in [-0.39, 0.29) is 11.7 Å². The molecule has 5 rings (SSSR count). The summed E-state index contributed by atoms with van der Waals surface area (Å²) in [4.78, 5) is 17.7. The van der Waals surface area contributed by atoms with Crippen molar-refractivity contribution >= 4 is 23.0 Å². The number of hydrogen-bond donors (Lipinski definition) is 0. The number of hydrogen-bond acceptors (Lipinski definition) is 4. The van der Waals surface area contributed by atoms with Crippen molar-refractivity contribution in [2.75, 3.05) is 7.11 Å². The van der Waals surface area contributed by atoms with Gasteiger partial charge in [0, 0.05) is 23.2 Å². The second-order valence-corrected chi connectivity index (χ2v) is 7.67. The lowest BCUT2D eigenvalue weighted by molar-refractivity contribution is 0.0962. The number of nitrogens with zero attached hydrogens (tertiary/aromatic N) is 3. The molecule has 29 heavy (non-hydrogen) atoms. The van der Waals surface area contributed by atoms with Crippen molar-refractivity contribution in [2.45, 2.75) is 18.8 Å². The van der Waals surface area contributed by atoms with Crippen LogP contribution in [0.1, 0.15) is 34.0 Å². The van der Waals surface area contributed by atoms with Gasteiger partial charge in [0.1, 0.15) is 5.75 Å². The van der Waals surface area contributed by atoms with E-state index in [1.807, 2.05) is 54.7 Å². The Labute approximate surface area is 172 Å². The van der Waals surface area contributed by atoms with Gasteiger partial charge in [-0.25, -0.2) is 9.50 Å². The lowest BCUT2D eigenvalue weighted by atomic mass is 9.82. The molecule has 144 valence electrons. The van der Waals surface area contributed by atoms with Gasteiger partial charge < -0.3 is 4.74 Å². The van der Waals surface area contributed by atoms with E-state index in [1.54, 1.807) is 17.8 Å². The van der Waals surface area contributed by atoms with Crippen molar-refractivity contribution in [3.63, 3.8) is 0 Å². The van der Waals surface area contributed by atoms with Crippen LogP contribution >= 0.6 is 11.6 Å². The van der Waals surface area contributed by atoms with Gasteiger partial charge in [0.15, 0.2) is 11.4 Å². The van der Waals surface area contributed by atoms with Crippen LogP contribution in [0.3, 0.4) is 0 Å². The Kier molecular flexibility index (Phi) is 4.32. The Balaban J connectivity index is 1.56. The molecular weight excluding hydrogens is 386 g/mol. The Bertz CT molecular complexity index is 1210. The Hall–Kier alpha value is -3.18. The molecule has 2 aromatic carbocycles. The molecular formula is C23H18ClN3O2. The largest absolute Gasteiger partial charge is 0.497 e. The average molecular weight is 404 g/mol. The van der Waals surface area contributed by atoms with E-state index >= 15 is 0 Å². The number of fused-ring (bicyclic) bond motifs is 2. The molecule has 0 spiro atoms. The smallest absolute Gasteiger partial charge is 0.166 e. The van der Waals surface area contributed by atoms with Crippen LogP contribution in [0.25, 0.3) is 16.8 Å². The predicted molar refractivity (Wildman–Crippen MR) is 112 cm³/mol. The van der Waals surface area contributed by atoms with Gasteiger partial charge in [0.25, 0.3) is 0 Å². The number of carbonyl (C=O) groups is 1. The fraction of sp³-hybridized carbons (Fsp3) is 0.174. The summed E-state index contributed by atoms with van der Waals surface area (Å²) in [5.74, 6) is 1.00. The topological polar surface area (TPSA) is 56.5 Å². The maximum absolute atomic E-state index is 12.8. The van der Waals surface area contributed by atoms with Crippen molar-refractivity contribution in [1.29, 1.82) is 0 Å². The zero-order chi connectivity index (χ0) is 20.0. The van der Waals surface area contributed by atoms with Crippen LogP contribution in [0.4, 0.5) is 0 Å². The minimum Gasteiger partial charge on any atom is -0.497 e. The average Bonchev–Trinajstić information content (AvgIpc) is 3.16. The van der Waals surface area contributed by atoms with Gasteiger partial charge in [-0.15, -0.1) is 0 Å². The molecule has 2 aromatic heterocycles. The van der Waals surface area contributed by atoms with Gasteiger partial charge in [0.2, 0.25) is 0 Å². The molecule has 1 aliphatic carbocycles. The first-order chi connectivity index (χ1) is 14.1. The second-order valence-electron chi connectivity index (χ2n) is 7.24. The summed E-state index contributed by atoms with van der Waals surface area (Å²) in [6, 6.07) is 15.5. The monoisotopic (exact) mass is 403 g/mol. The number of halogens is 1. The summed E-state index contributed by atoms with van der Waals surface area (Å²) in [5, 5.41) is 5.12. The van der Waals surface area contributed by atoms with Crippen LogP contribution < -0.4 is 4.74 Å². The van der Waals surface area contributed by atoms with Crippen LogP contribution in [0.2, 0.25) is 5.02 Å². The highest BCUT2D eigenvalue weighted by atomic mass is 35.5. The summed E-state index contributed by atoms with van der Waals surface area (Å²) in [5.41, 5.74) is 5.27. The normalized spacial score (nSPS) is 16.1. The van der Waals surface area contributed by atoms with Crippen molar-refractivity contribution in [3.8, 4) is 16.9 Å². The molecule has 4 aromatic rings. The van der Waals surface area contributed by atoms with E-state index in [2.05, 4.69) is 5.10 Å². The summed E-state index contributed by atoms with van der Waals surface area (Å²) in [7, 11) is 1.65. The highest BCUT2D eigenvalue weighted by Crippen LogP contribution is 2.34. The number of benzene rings is 2. The van der Waals surface area contributed by atoms with Crippen LogP contribution in [-0.2, 0) is 6.42 Å². The lowest BCUT2D eigenvalue weighted by Gasteiger charge is -2.23. The highest BCUT2D eigenvalue weighted by molar-refractivity contribution is 6.30. The molecule has 5 nitrogen and oxygen atoms in total. The Morgan fingerprint density at radius 2 is 1.79 bits per heavy atom. The van der Waals surface area contributed by atoms with Gasteiger partial charge in [-0.1, -0.05) is 35.9 Å². The van der Waals surface area contributed by atoms with Gasteiger partial charge in [-0.2, -0.15) is 5.10 Å². The molecule has 0 radical (unpaired) electrons. The van der Waals surface area contributed by atoms with E-state index in [0.29, 0.717) is 23.4 Å². The highest BCUT2D eigenvalue weighted by Gasteiger charge is 2.28. The van der Waals surface area contributed by atoms with Crippen molar-refractivity contribution in [3.05, 3.63) is 82.8 Å². The van der Waals surface area contributed by atoms with E-state index < -0.39 is 0 Å². The third-order valence-electron chi connectivity index (χ3n) is 5.49. The minimum absolute atomic E-state index is 0.0992. The number of rotatable bonds is 3. The number of carbonyl (C=O) groups excluding carboxylic acids is 1. The van der Waals surface area contributed by atoms with Crippen LogP contribution in [0.5, 0.6) is 5.75 Å². The van der Waals surface area contributed by atoms with Crippen molar-refractivity contribution in [2.24, 2.45) is 0 Å². The summed E-state index contributed by atoms with van der Waals surface area (Å²) >= 11 is 6.01. The molecule has 1 aliphatic rings. The third kappa shape index (κ3) is 3.17. The molecule has 1 unspecified atom stereocenters. The van der Waals surface area contributed by atoms with Crippen molar-refractivity contribution < 1.29 is 9.53 Å². The number of aromatic nitrogens is 3. The van der Waals surface area contributed by atoms with Crippen LogP contribution in [-0.4, -0.2) is 27.5 Å². The number of Topliss-reactive ketones (excluding diaryl/α,β-unsaturated/α-hetero) is 1. The number of ether oxygens (including phenoxy) is 1. The number of ketones is 1. The first kappa shape index (κ1) is 17.9. The minimum atomic E-state index is 0.0992. The summed E-state index contributed by atoms with van der Waals surface area (Å²) in [6.07, 6.45) is 4.78. The van der Waals surface area contributed by atoms with Gasteiger partial charge in [0.05, 0.1) is 24.6 Å². The molecule has 0 fully saturated rings. The van der Waals surface area contributed by atoms with Crippen LogP contribution in [0.15, 0.2) is 60.9 Å². The molecule has 6 heteroatoms. The maximum Gasteiger partial charge on any atom is 0.166 e. The van der Waals surface area contributed by atoms with E-state index in [0.717, 1.165) is 33.8 Å². The standard InChI is InChI=1S/C23H18ClN3O2/c1-29-18-8-4-15(5-9-18)19-12-25-27-13-20-21(26-23(19)27)10-16(11-22(20)28)14-2-6-17(24)7-3-14/h2-9,12-13,16H,10-11H2,1H3. The summed E-state index contributed by atoms with van der Waals surface area (Å²) < 4.78 is 6.93. The molecule has 0 amide bonds. The number of methoxy groups -OCH3 is 1. The fourth-order valence-electron chi connectivity index (χ4n) is 3.92. The molecule has 1 atom stereocenters. The first-order valence-corrected chi connectivity index (χ1v) is 9.80. The lowest BCUT2D eigenvalue weighted by Crippen LogP contribution is -2.21. The van der Waals surface area contributed by atoms with Gasteiger partial charge >= 0.3 is 0 Å². The quantitative estimate of drug-likeness (QED) is 0.484. The van der Waals surface area contributed by atoms with E-state index in [4.69, 9.17) is 21.3 Å². The van der Waals surface area contributed by atoms with Crippen molar-refractivity contribution in [1.82, 2.24) is 14.6 Å². The SMILES string of the molecule is COc1ccc(-c2cnn3cc4c(nc23)CC(c2ccc(Cl)cc2)CC4=O)cc1. The first-order valence-electron chi connectivity index (χ1n) is 9.43. The van der Waals surface area contributed by atoms with Gasteiger partial charge in [-0.05, 0) is 47.7 Å². The van der Waals surface area contributed by atoms with Crippen LogP contribution in [0, 0.1) is 0 Å². The zero-order valence-electron chi connectivity index (χ0n) is 15.8. The van der Waals surface area contributed by atoms with E-state index in [1.165, 1.54) is 0 Å². The predicted octanol–water partition coefficient (Wildman–Crippen LogP) is 4.97. The Morgan fingerprint density at radius 3 is 2.52 bits per heavy atom. The summed E-state index contributed by atoms with van der Waals surface area (Å²) in [6.45, 7) is 0. The Morgan fingerprint density at radius 1 is 1.03 bits per heavy atom. The fourth-order valence-corrected chi connectivity index (χ4v) is 4.05. The third-order valence-corrected chi connectivity index (χ3v) is 5.74.